The molecule has 2 N–H and O–H groups in total. The number of rotatable bonds is 6. The van der Waals surface area contributed by atoms with Crippen LogP contribution in [0.4, 0.5) is 5.69 Å². The van der Waals surface area contributed by atoms with Gasteiger partial charge in [-0.3, -0.25) is 4.79 Å². The SMILES string of the molecule is Cc1noc(CCNCC(=O)Nc2ccc(Br)cc2)n1. The molecule has 0 spiro atoms. The monoisotopic (exact) mass is 338 g/mol. The molecule has 1 amide bonds. The van der Waals surface area contributed by atoms with Crippen LogP contribution in [-0.2, 0) is 11.2 Å². The zero-order valence-electron chi connectivity index (χ0n) is 11.0. The number of nitrogens with one attached hydrogen (secondary N) is 2. The van der Waals surface area contributed by atoms with Crippen molar-refractivity contribution in [1.29, 1.82) is 0 Å². The first-order chi connectivity index (χ1) is 9.63. The molecule has 0 saturated heterocycles. The minimum Gasteiger partial charge on any atom is -0.339 e. The average Bonchev–Trinajstić information content (AvgIpc) is 2.83. The first-order valence-electron chi connectivity index (χ1n) is 6.19. The van der Waals surface area contributed by atoms with Gasteiger partial charge >= 0.3 is 0 Å². The van der Waals surface area contributed by atoms with Gasteiger partial charge in [0.1, 0.15) is 0 Å². The van der Waals surface area contributed by atoms with Crippen molar-refractivity contribution in [1.82, 2.24) is 15.5 Å². The van der Waals surface area contributed by atoms with Gasteiger partial charge in [0.2, 0.25) is 11.8 Å². The summed E-state index contributed by atoms with van der Waals surface area (Å²) in [4.78, 5) is 15.8. The fourth-order valence-corrected chi connectivity index (χ4v) is 1.84. The first kappa shape index (κ1) is 14.7. The Bertz CT molecular complexity index is 568. The van der Waals surface area contributed by atoms with Crippen molar-refractivity contribution in [3.63, 3.8) is 0 Å². The van der Waals surface area contributed by atoms with Gasteiger partial charge in [-0.2, -0.15) is 4.98 Å². The van der Waals surface area contributed by atoms with Crippen LogP contribution < -0.4 is 10.6 Å². The number of hydrogen-bond acceptors (Lipinski definition) is 5. The topological polar surface area (TPSA) is 80.0 Å². The molecule has 0 aliphatic carbocycles. The number of aryl methyl sites for hydroxylation is 1. The molecule has 0 saturated carbocycles. The summed E-state index contributed by atoms with van der Waals surface area (Å²) in [6.45, 7) is 2.62. The highest BCUT2D eigenvalue weighted by molar-refractivity contribution is 9.10. The maximum Gasteiger partial charge on any atom is 0.238 e. The second kappa shape index (κ2) is 7.16. The van der Waals surface area contributed by atoms with Crippen LogP contribution in [0.25, 0.3) is 0 Å². The average molecular weight is 339 g/mol. The lowest BCUT2D eigenvalue weighted by molar-refractivity contribution is -0.115. The molecule has 0 radical (unpaired) electrons. The van der Waals surface area contributed by atoms with Crippen LogP contribution in [0, 0.1) is 6.92 Å². The van der Waals surface area contributed by atoms with E-state index in [0.717, 1.165) is 10.2 Å². The lowest BCUT2D eigenvalue weighted by Gasteiger charge is -2.06. The second-order valence-electron chi connectivity index (χ2n) is 4.22. The van der Waals surface area contributed by atoms with Gasteiger partial charge < -0.3 is 15.2 Å². The number of benzene rings is 1. The third-order valence-electron chi connectivity index (χ3n) is 2.50. The predicted octanol–water partition coefficient (Wildman–Crippen LogP) is 1.91. The lowest BCUT2D eigenvalue weighted by Crippen LogP contribution is -2.29. The number of anilines is 1. The Morgan fingerprint density at radius 2 is 2.10 bits per heavy atom. The van der Waals surface area contributed by atoms with Gasteiger partial charge in [-0.25, -0.2) is 0 Å². The molecular weight excluding hydrogens is 324 g/mol. The van der Waals surface area contributed by atoms with E-state index in [2.05, 4.69) is 36.7 Å². The Morgan fingerprint density at radius 1 is 1.35 bits per heavy atom. The lowest BCUT2D eigenvalue weighted by atomic mass is 10.3. The fraction of sp³-hybridized carbons (Fsp3) is 0.308. The summed E-state index contributed by atoms with van der Waals surface area (Å²) in [5.74, 6) is 1.10. The van der Waals surface area contributed by atoms with Crippen molar-refractivity contribution in [2.75, 3.05) is 18.4 Å². The minimum absolute atomic E-state index is 0.0889. The van der Waals surface area contributed by atoms with Gasteiger partial charge in [-0.05, 0) is 31.2 Å². The van der Waals surface area contributed by atoms with Crippen LogP contribution in [0.5, 0.6) is 0 Å². The van der Waals surface area contributed by atoms with Crippen molar-refractivity contribution in [2.45, 2.75) is 13.3 Å². The third-order valence-corrected chi connectivity index (χ3v) is 3.03. The number of amides is 1. The number of carbonyl (C=O) groups is 1. The van der Waals surface area contributed by atoms with Crippen molar-refractivity contribution >= 4 is 27.5 Å². The molecule has 1 aromatic carbocycles. The van der Waals surface area contributed by atoms with E-state index < -0.39 is 0 Å². The van der Waals surface area contributed by atoms with Crippen LogP contribution in [0.1, 0.15) is 11.7 Å². The zero-order valence-corrected chi connectivity index (χ0v) is 12.6. The van der Waals surface area contributed by atoms with Gasteiger partial charge in [0, 0.05) is 23.1 Å². The molecule has 0 bridgehead atoms. The molecule has 0 unspecified atom stereocenters. The summed E-state index contributed by atoms with van der Waals surface area (Å²) in [5, 5.41) is 9.52. The van der Waals surface area contributed by atoms with Crippen LogP contribution in [0.3, 0.4) is 0 Å². The molecule has 2 aromatic rings. The standard InChI is InChI=1S/C13H15BrN4O2/c1-9-16-13(20-18-9)6-7-15-8-12(19)17-11-4-2-10(14)3-5-11/h2-5,15H,6-8H2,1H3,(H,17,19). The highest BCUT2D eigenvalue weighted by Gasteiger charge is 2.04. The van der Waals surface area contributed by atoms with E-state index in [9.17, 15) is 4.79 Å². The Balaban J connectivity index is 1.66. The van der Waals surface area contributed by atoms with Crippen molar-refractivity contribution in [2.24, 2.45) is 0 Å². The summed E-state index contributed by atoms with van der Waals surface area (Å²) in [6, 6.07) is 7.42. The normalized spacial score (nSPS) is 10.5. The van der Waals surface area contributed by atoms with Crippen LogP contribution in [-0.4, -0.2) is 29.1 Å². The van der Waals surface area contributed by atoms with Crippen molar-refractivity contribution in [3.8, 4) is 0 Å². The van der Waals surface area contributed by atoms with Gasteiger partial charge in [-0.15, -0.1) is 0 Å². The Kier molecular flexibility index (Phi) is 5.25. The zero-order chi connectivity index (χ0) is 14.4. The highest BCUT2D eigenvalue weighted by atomic mass is 79.9. The van der Waals surface area contributed by atoms with Crippen LogP contribution in [0.15, 0.2) is 33.3 Å². The van der Waals surface area contributed by atoms with E-state index in [1.54, 1.807) is 6.92 Å². The van der Waals surface area contributed by atoms with E-state index in [4.69, 9.17) is 4.52 Å². The molecule has 1 aromatic heterocycles. The Morgan fingerprint density at radius 3 is 2.75 bits per heavy atom. The van der Waals surface area contributed by atoms with E-state index in [1.165, 1.54) is 0 Å². The summed E-state index contributed by atoms with van der Waals surface area (Å²) >= 11 is 3.34. The number of nitrogens with zero attached hydrogens (tertiary/aromatic N) is 2. The van der Waals surface area contributed by atoms with Crippen LogP contribution >= 0.6 is 15.9 Å². The molecule has 106 valence electrons. The molecule has 7 heteroatoms. The maximum absolute atomic E-state index is 11.7. The maximum atomic E-state index is 11.7. The number of halogens is 1. The molecule has 6 nitrogen and oxygen atoms in total. The molecule has 0 aliphatic heterocycles. The first-order valence-corrected chi connectivity index (χ1v) is 6.98. The quantitative estimate of drug-likeness (QED) is 0.786. The highest BCUT2D eigenvalue weighted by Crippen LogP contribution is 2.13. The van der Waals surface area contributed by atoms with E-state index in [1.807, 2.05) is 24.3 Å². The summed E-state index contributed by atoms with van der Waals surface area (Å²) in [7, 11) is 0. The molecule has 20 heavy (non-hydrogen) atoms. The third kappa shape index (κ3) is 4.75. The number of aromatic nitrogens is 2. The van der Waals surface area contributed by atoms with Crippen molar-refractivity contribution in [3.05, 3.63) is 40.5 Å². The summed E-state index contributed by atoms with van der Waals surface area (Å²) in [6.07, 6.45) is 0.604. The number of hydrogen-bond donors (Lipinski definition) is 2. The largest absolute Gasteiger partial charge is 0.339 e. The van der Waals surface area contributed by atoms with E-state index in [0.29, 0.717) is 24.7 Å². The van der Waals surface area contributed by atoms with Gasteiger partial charge in [0.25, 0.3) is 0 Å². The summed E-state index contributed by atoms with van der Waals surface area (Å²) < 4.78 is 5.95. The smallest absolute Gasteiger partial charge is 0.238 e. The molecular formula is C13H15BrN4O2. The molecule has 2 rings (SSSR count). The fourth-order valence-electron chi connectivity index (χ4n) is 1.58. The minimum atomic E-state index is -0.0889. The van der Waals surface area contributed by atoms with Gasteiger partial charge in [0.15, 0.2) is 5.82 Å². The summed E-state index contributed by atoms with van der Waals surface area (Å²) in [5.41, 5.74) is 0.771. The van der Waals surface area contributed by atoms with Crippen molar-refractivity contribution < 1.29 is 9.32 Å². The van der Waals surface area contributed by atoms with E-state index in [-0.39, 0.29) is 12.5 Å². The molecule has 0 aliphatic rings. The van der Waals surface area contributed by atoms with Gasteiger partial charge in [-0.1, -0.05) is 21.1 Å². The predicted molar refractivity (Wildman–Crippen MR) is 78.4 cm³/mol. The number of carbonyl (C=O) groups excluding carboxylic acids is 1. The molecule has 0 fully saturated rings. The Hall–Kier alpha value is -1.73. The molecule has 1 heterocycles. The molecule has 0 atom stereocenters. The second-order valence-corrected chi connectivity index (χ2v) is 5.13. The Labute approximate surface area is 125 Å². The van der Waals surface area contributed by atoms with Crippen LogP contribution in [0.2, 0.25) is 0 Å². The van der Waals surface area contributed by atoms with Gasteiger partial charge in [0.05, 0.1) is 6.54 Å². The van der Waals surface area contributed by atoms with E-state index >= 15 is 0 Å².